The quantitative estimate of drug-likeness (QED) is 0.766. The van der Waals surface area contributed by atoms with Gasteiger partial charge >= 0.3 is 0 Å². The number of benzene rings is 1. The zero-order valence-electron chi connectivity index (χ0n) is 10.2. The second-order valence-electron chi connectivity index (χ2n) is 3.88. The van der Waals surface area contributed by atoms with Crippen LogP contribution < -0.4 is 5.32 Å². The second-order valence-corrected chi connectivity index (χ2v) is 5.45. The Kier molecular flexibility index (Phi) is 5.11. The summed E-state index contributed by atoms with van der Waals surface area (Å²) >= 11 is 0. The van der Waals surface area contributed by atoms with Crippen LogP contribution in [-0.2, 0) is 17.3 Å². The highest BCUT2D eigenvalue weighted by molar-refractivity contribution is 7.85. The summed E-state index contributed by atoms with van der Waals surface area (Å²) in [7, 11) is -0.909. The molecule has 0 amide bonds. The van der Waals surface area contributed by atoms with E-state index in [1.54, 1.807) is 6.20 Å². The van der Waals surface area contributed by atoms with Crippen molar-refractivity contribution in [3.63, 3.8) is 0 Å². The molecule has 0 saturated carbocycles. The normalized spacial score (nSPS) is 12.4. The van der Waals surface area contributed by atoms with E-state index in [4.69, 9.17) is 0 Å². The summed E-state index contributed by atoms with van der Waals surface area (Å²) in [4.78, 5) is 0.895. The Hall–Kier alpha value is -1.46. The molecule has 0 saturated heterocycles. The van der Waals surface area contributed by atoms with E-state index in [9.17, 15) is 4.21 Å². The number of aromatic nitrogens is 2. The molecule has 96 valence electrons. The Morgan fingerprint density at radius 1 is 1.17 bits per heavy atom. The van der Waals surface area contributed by atoms with E-state index in [1.807, 2.05) is 47.3 Å². The minimum atomic E-state index is -0.909. The number of hydrogen-bond acceptors (Lipinski definition) is 3. The lowest BCUT2D eigenvalue weighted by Gasteiger charge is -2.05. The van der Waals surface area contributed by atoms with Gasteiger partial charge in [-0.2, -0.15) is 5.10 Å². The summed E-state index contributed by atoms with van der Waals surface area (Å²) in [5.74, 6) is 0.642. The van der Waals surface area contributed by atoms with Crippen molar-refractivity contribution in [2.24, 2.45) is 0 Å². The van der Waals surface area contributed by atoms with Crippen LogP contribution in [0.1, 0.15) is 0 Å². The van der Waals surface area contributed by atoms with E-state index in [-0.39, 0.29) is 0 Å². The Labute approximate surface area is 109 Å². The number of hydrogen-bond donors (Lipinski definition) is 1. The average Bonchev–Trinajstić information content (AvgIpc) is 2.92. The highest BCUT2D eigenvalue weighted by Gasteiger charge is 2.01. The number of nitrogens with zero attached hydrogens (tertiary/aromatic N) is 2. The molecule has 1 N–H and O–H groups in total. The van der Waals surface area contributed by atoms with Crippen LogP contribution in [0.3, 0.4) is 0 Å². The van der Waals surface area contributed by atoms with Gasteiger partial charge in [0.1, 0.15) is 0 Å². The highest BCUT2D eigenvalue weighted by Crippen LogP contribution is 2.04. The Balaban J connectivity index is 1.62. The Morgan fingerprint density at radius 2 is 2.00 bits per heavy atom. The summed E-state index contributed by atoms with van der Waals surface area (Å²) < 4.78 is 13.8. The van der Waals surface area contributed by atoms with Crippen LogP contribution in [0.25, 0.3) is 0 Å². The van der Waals surface area contributed by atoms with Gasteiger partial charge in [-0.3, -0.25) is 8.89 Å². The molecule has 0 aliphatic carbocycles. The number of rotatable bonds is 7. The lowest BCUT2D eigenvalue weighted by atomic mass is 10.4. The predicted molar refractivity (Wildman–Crippen MR) is 72.8 cm³/mol. The molecule has 0 bridgehead atoms. The maximum Gasteiger partial charge on any atom is 0.0542 e. The second kappa shape index (κ2) is 7.08. The van der Waals surface area contributed by atoms with Gasteiger partial charge in [0, 0.05) is 36.1 Å². The minimum absolute atomic E-state index is 0.642. The topological polar surface area (TPSA) is 46.9 Å². The van der Waals surface area contributed by atoms with E-state index in [0.717, 1.165) is 24.5 Å². The molecule has 1 heterocycles. The van der Waals surface area contributed by atoms with Gasteiger partial charge in [0.15, 0.2) is 0 Å². The van der Waals surface area contributed by atoms with Gasteiger partial charge in [-0.15, -0.1) is 0 Å². The van der Waals surface area contributed by atoms with Crippen LogP contribution >= 0.6 is 0 Å². The first-order chi connectivity index (χ1) is 8.86. The first-order valence-corrected chi connectivity index (χ1v) is 7.30. The fourth-order valence-corrected chi connectivity index (χ4v) is 2.63. The first-order valence-electron chi connectivity index (χ1n) is 5.98. The third kappa shape index (κ3) is 4.09. The van der Waals surface area contributed by atoms with E-state index in [0.29, 0.717) is 5.75 Å². The molecule has 0 spiro atoms. The molecule has 1 unspecified atom stereocenters. The minimum Gasteiger partial charge on any atom is -0.314 e. The third-order valence-corrected chi connectivity index (χ3v) is 3.92. The zero-order chi connectivity index (χ0) is 12.6. The predicted octanol–water partition coefficient (Wildman–Crippen LogP) is 1.28. The van der Waals surface area contributed by atoms with Gasteiger partial charge < -0.3 is 5.32 Å². The van der Waals surface area contributed by atoms with Crippen LogP contribution in [0.15, 0.2) is 53.7 Å². The summed E-state index contributed by atoms with van der Waals surface area (Å²) in [6.07, 6.45) is 3.70. The van der Waals surface area contributed by atoms with Crippen LogP contribution in [0, 0.1) is 0 Å². The zero-order valence-corrected chi connectivity index (χ0v) is 11.0. The Morgan fingerprint density at radius 3 is 2.72 bits per heavy atom. The standard InChI is InChI=1S/C13H17N3OS/c17-18(13-5-2-1-3-6-13)12-9-14-8-11-16-10-4-7-15-16/h1-7,10,14H,8-9,11-12H2. The van der Waals surface area contributed by atoms with Crippen molar-refractivity contribution in [2.45, 2.75) is 11.4 Å². The van der Waals surface area contributed by atoms with E-state index in [1.165, 1.54) is 0 Å². The molecule has 2 aromatic rings. The molecule has 0 aliphatic rings. The van der Waals surface area contributed by atoms with Crippen molar-refractivity contribution in [3.05, 3.63) is 48.8 Å². The molecule has 5 heteroatoms. The molecular weight excluding hydrogens is 246 g/mol. The van der Waals surface area contributed by atoms with Gasteiger partial charge in [0.05, 0.1) is 17.3 Å². The Bertz CT molecular complexity index is 470. The van der Waals surface area contributed by atoms with Crippen molar-refractivity contribution < 1.29 is 4.21 Å². The molecule has 18 heavy (non-hydrogen) atoms. The van der Waals surface area contributed by atoms with E-state index >= 15 is 0 Å². The maximum atomic E-state index is 11.9. The van der Waals surface area contributed by atoms with Crippen molar-refractivity contribution in [1.29, 1.82) is 0 Å². The monoisotopic (exact) mass is 263 g/mol. The van der Waals surface area contributed by atoms with Crippen molar-refractivity contribution in [2.75, 3.05) is 18.8 Å². The highest BCUT2D eigenvalue weighted by atomic mass is 32.2. The molecule has 0 fully saturated rings. The van der Waals surface area contributed by atoms with Crippen LogP contribution in [0.5, 0.6) is 0 Å². The van der Waals surface area contributed by atoms with E-state index < -0.39 is 10.8 Å². The number of nitrogens with one attached hydrogen (secondary N) is 1. The van der Waals surface area contributed by atoms with Gasteiger partial charge in [-0.1, -0.05) is 18.2 Å². The molecule has 4 nitrogen and oxygen atoms in total. The molecule has 1 aromatic heterocycles. The summed E-state index contributed by atoms with van der Waals surface area (Å²) in [5, 5.41) is 7.38. The summed E-state index contributed by atoms with van der Waals surface area (Å²) in [6, 6.07) is 11.5. The van der Waals surface area contributed by atoms with E-state index in [2.05, 4.69) is 10.4 Å². The average molecular weight is 263 g/mol. The fourth-order valence-electron chi connectivity index (χ4n) is 1.61. The van der Waals surface area contributed by atoms with Crippen molar-refractivity contribution >= 4 is 10.8 Å². The molecule has 0 aliphatic heterocycles. The largest absolute Gasteiger partial charge is 0.314 e. The van der Waals surface area contributed by atoms with Gasteiger partial charge in [0.2, 0.25) is 0 Å². The molecule has 2 rings (SSSR count). The van der Waals surface area contributed by atoms with Crippen LogP contribution in [0.4, 0.5) is 0 Å². The lowest BCUT2D eigenvalue weighted by molar-refractivity contribution is 0.565. The van der Waals surface area contributed by atoms with Crippen LogP contribution in [-0.4, -0.2) is 32.8 Å². The molecule has 0 radical (unpaired) electrons. The SMILES string of the molecule is O=S(CCNCCn1cccn1)c1ccccc1. The third-order valence-electron chi connectivity index (χ3n) is 2.55. The first kappa shape index (κ1) is 13.0. The van der Waals surface area contributed by atoms with Gasteiger partial charge in [-0.05, 0) is 18.2 Å². The summed E-state index contributed by atoms with van der Waals surface area (Å²) in [6.45, 7) is 2.43. The summed E-state index contributed by atoms with van der Waals surface area (Å²) in [5.41, 5.74) is 0. The van der Waals surface area contributed by atoms with Crippen LogP contribution in [0.2, 0.25) is 0 Å². The molecule has 1 atom stereocenters. The van der Waals surface area contributed by atoms with Crippen molar-refractivity contribution in [1.82, 2.24) is 15.1 Å². The lowest BCUT2D eigenvalue weighted by Crippen LogP contribution is -2.24. The molecular formula is C13H17N3OS. The smallest absolute Gasteiger partial charge is 0.0542 e. The van der Waals surface area contributed by atoms with Crippen molar-refractivity contribution in [3.8, 4) is 0 Å². The fraction of sp³-hybridized carbons (Fsp3) is 0.308. The maximum absolute atomic E-state index is 11.9. The molecule has 1 aromatic carbocycles. The van der Waals surface area contributed by atoms with Gasteiger partial charge in [-0.25, -0.2) is 0 Å². The van der Waals surface area contributed by atoms with Gasteiger partial charge in [0.25, 0.3) is 0 Å².